The highest BCUT2D eigenvalue weighted by atomic mass is 32.2. The summed E-state index contributed by atoms with van der Waals surface area (Å²) in [5, 5.41) is 0. The third-order valence-corrected chi connectivity index (χ3v) is 5.45. The molecule has 0 spiro atoms. The van der Waals surface area contributed by atoms with Crippen molar-refractivity contribution in [2.24, 2.45) is 0 Å². The van der Waals surface area contributed by atoms with E-state index < -0.39 is 9.84 Å². The molecule has 1 rings (SSSR count). The van der Waals surface area contributed by atoms with Gasteiger partial charge in [-0.1, -0.05) is 57.6 Å². The summed E-state index contributed by atoms with van der Waals surface area (Å²) in [5.74, 6) is 0.145. The van der Waals surface area contributed by atoms with Crippen LogP contribution in [0, 0.1) is 0 Å². The Kier molecular flexibility index (Phi) is 7.65. The van der Waals surface area contributed by atoms with Crippen LogP contribution in [0.15, 0.2) is 29.2 Å². The van der Waals surface area contributed by atoms with Crippen LogP contribution in [-0.4, -0.2) is 20.0 Å². The molecule has 118 valence electrons. The molecule has 0 aromatic heterocycles. The smallest absolute Gasteiger partial charge is 0.178 e. The standard InChI is InChI=1S/C17H26O3S/c1-3-4-5-6-7-8-9-14-21(19,20)17-12-10-16(11-13-17)15(2)18/h10-13H,3-9,14H2,1-2H3. The van der Waals surface area contributed by atoms with Crippen molar-refractivity contribution in [2.45, 2.75) is 63.7 Å². The van der Waals surface area contributed by atoms with E-state index in [9.17, 15) is 13.2 Å². The number of ketones is 1. The lowest BCUT2D eigenvalue weighted by Gasteiger charge is -2.05. The maximum atomic E-state index is 12.2. The maximum Gasteiger partial charge on any atom is 0.178 e. The number of sulfone groups is 1. The predicted molar refractivity (Wildman–Crippen MR) is 86.5 cm³/mol. The molecule has 1 aromatic carbocycles. The van der Waals surface area contributed by atoms with Gasteiger partial charge < -0.3 is 0 Å². The van der Waals surface area contributed by atoms with E-state index in [1.165, 1.54) is 44.7 Å². The molecule has 0 aliphatic carbocycles. The van der Waals surface area contributed by atoms with Gasteiger partial charge in [0, 0.05) is 5.56 Å². The number of carbonyl (C=O) groups is 1. The monoisotopic (exact) mass is 310 g/mol. The predicted octanol–water partition coefficient (Wildman–Crippen LogP) is 4.41. The van der Waals surface area contributed by atoms with Gasteiger partial charge in [0.2, 0.25) is 0 Å². The molecular weight excluding hydrogens is 284 g/mol. The molecule has 4 heteroatoms. The second-order valence-electron chi connectivity index (χ2n) is 5.52. The van der Waals surface area contributed by atoms with Crippen molar-refractivity contribution >= 4 is 15.6 Å². The molecule has 0 bridgehead atoms. The Labute approximate surface area is 128 Å². The first-order valence-electron chi connectivity index (χ1n) is 7.81. The molecule has 0 heterocycles. The van der Waals surface area contributed by atoms with Crippen LogP contribution in [0.25, 0.3) is 0 Å². The zero-order valence-electron chi connectivity index (χ0n) is 13.1. The molecule has 0 atom stereocenters. The summed E-state index contributed by atoms with van der Waals surface area (Å²) in [7, 11) is -3.21. The van der Waals surface area contributed by atoms with Crippen LogP contribution in [0.3, 0.4) is 0 Å². The van der Waals surface area contributed by atoms with Crippen molar-refractivity contribution in [3.05, 3.63) is 29.8 Å². The summed E-state index contributed by atoms with van der Waals surface area (Å²) >= 11 is 0. The normalized spacial score (nSPS) is 11.5. The van der Waals surface area contributed by atoms with Crippen molar-refractivity contribution < 1.29 is 13.2 Å². The van der Waals surface area contributed by atoms with Crippen molar-refractivity contribution in [2.75, 3.05) is 5.75 Å². The van der Waals surface area contributed by atoms with Crippen LogP contribution in [0.2, 0.25) is 0 Å². The van der Waals surface area contributed by atoms with E-state index in [2.05, 4.69) is 6.92 Å². The van der Waals surface area contributed by atoms with Crippen LogP contribution in [0.5, 0.6) is 0 Å². The van der Waals surface area contributed by atoms with Gasteiger partial charge >= 0.3 is 0 Å². The summed E-state index contributed by atoms with van der Waals surface area (Å²) in [6, 6.07) is 6.24. The fraction of sp³-hybridized carbons (Fsp3) is 0.588. The molecule has 21 heavy (non-hydrogen) atoms. The first-order chi connectivity index (χ1) is 9.97. The molecular formula is C17H26O3S. The first-order valence-corrected chi connectivity index (χ1v) is 9.46. The average molecular weight is 310 g/mol. The fourth-order valence-electron chi connectivity index (χ4n) is 2.26. The van der Waals surface area contributed by atoms with E-state index >= 15 is 0 Å². The van der Waals surface area contributed by atoms with Crippen LogP contribution in [-0.2, 0) is 9.84 Å². The Morgan fingerprint density at radius 1 is 0.905 bits per heavy atom. The Morgan fingerprint density at radius 2 is 1.43 bits per heavy atom. The Morgan fingerprint density at radius 3 is 1.95 bits per heavy atom. The number of hydrogen-bond donors (Lipinski definition) is 0. The number of carbonyl (C=O) groups excluding carboxylic acids is 1. The molecule has 0 unspecified atom stereocenters. The molecule has 0 N–H and O–H groups in total. The average Bonchev–Trinajstić information content (AvgIpc) is 2.46. The topological polar surface area (TPSA) is 51.2 Å². The second kappa shape index (κ2) is 8.98. The van der Waals surface area contributed by atoms with Gasteiger partial charge in [-0.2, -0.15) is 0 Å². The maximum absolute atomic E-state index is 12.2. The van der Waals surface area contributed by atoms with Crippen molar-refractivity contribution in [3.8, 4) is 0 Å². The van der Waals surface area contributed by atoms with Gasteiger partial charge in [-0.15, -0.1) is 0 Å². The van der Waals surface area contributed by atoms with E-state index in [-0.39, 0.29) is 11.5 Å². The van der Waals surface area contributed by atoms with Gasteiger partial charge in [0.15, 0.2) is 15.6 Å². The van der Waals surface area contributed by atoms with E-state index in [0.29, 0.717) is 16.9 Å². The quantitative estimate of drug-likeness (QED) is 0.475. The molecule has 0 amide bonds. The molecule has 0 aliphatic heterocycles. The van der Waals surface area contributed by atoms with Crippen molar-refractivity contribution in [1.82, 2.24) is 0 Å². The molecule has 3 nitrogen and oxygen atoms in total. The minimum absolute atomic E-state index is 0.0500. The zero-order chi connectivity index (χ0) is 15.7. The fourth-order valence-corrected chi connectivity index (χ4v) is 3.63. The number of hydrogen-bond acceptors (Lipinski definition) is 3. The third kappa shape index (κ3) is 6.42. The molecule has 1 aromatic rings. The highest BCUT2D eigenvalue weighted by molar-refractivity contribution is 7.91. The lowest BCUT2D eigenvalue weighted by Crippen LogP contribution is -2.07. The lowest BCUT2D eigenvalue weighted by molar-refractivity contribution is 0.101. The summed E-state index contributed by atoms with van der Waals surface area (Å²) in [6.07, 6.45) is 7.72. The summed E-state index contributed by atoms with van der Waals surface area (Å²) in [6.45, 7) is 3.66. The second-order valence-corrected chi connectivity index (χ2v) is 7.63. The summed E-state index contributed by atoms with van der Waals surface area (Å²) < 4.78 is 24.3. The lowest BCUT2D eigenvalue weighted by atomic mass is 10.1. The van der Waals surface area contributed by atoms with Crippen LogP contribution in [0.4, 0.5) is 0 Å². The van der Waals surface area contributed by atoms with Crippen LogP contribution < -0.4 is 0 Å². The van der Waals surface area contributed by atoms with Crippen molar-refractivity contribution in [3.63, 3.8) is 0 Å². The first kappa shape index (κ1) is 17.9. The number of unbranched alkanes of at least 4 members (excludes halogenated alkanes) is 6. The van der Waals surface area contributed by atoms with Crippen molar-refractivity contribution in [1.29, 1.82) is 0 Å². The zero-order valence-corrected chi connectivity index (χ0v) is 13.9. The third-order valence-electron chi connectivity index (χ3n) is 3.64. The SMILES string of the molecule is CCCCCCCCCS(=O)(=O)c1ccc(C(C)=O)cc1. The largest absolute Gasteiger partial charge is 0.295 e. The Bertz CT molecular complexity index is 530. The van der Waals surface area contributed by atoms with Gasteiger partial charge in [-0.25, -0.2) is 8.42 Å². The van der Waals surface area contributed by atoms with E-state index in [0.717, 1.165) is 12.8 Å². The Hall–Kier alpha value is -1.16. The van der Waals surface area contributed by atoms with Gasteiger partial charge in [-0.05, 0) is 25.5 Å². The van der Waals surface area contributed by atoms with E-state index in [1.807, 2.05) is 0 Å². The summed E-state index contributed by atoms with van der Waals surface area (Å²) in [5.41, 5.74) is 0.546. The molecule has 0 aliphatic rings. The Balaban J connectivity index is 2.41. The van der Waals surface area contributed by atoms with Gasteiger partial charge in [-0.3, -0.25) is 4.79 Å². The number of Topliss-reactive ketones (excluding diaryl/α,β-unsaturated/α-hetero) is 1. The van der Waals surface area contributed by atoms with Gasteiger partial charge in [0.25, 0.3) is 0 Å². The highest BCUT2D eigenvalue weighted by Crippen LogP contribution is 2.15. The highest BCUT2D eigenvalue weighted by Gasteiger charge is 2.14. The number of benzene rings is 1. The van der Waals surface area contributed by atoms with Crippen LogP contribution in [0.1, 0.15) is 69.2 Å². The minimum Gasteiger partial charge on any atom is -0.295 e. The number of rotatable bonds is 10. The molecule has 0 saturated carbocycles. The summed E-state index contributed by atoms with van der Waals surface area (Å²) in [4.78, 5) is 11.5. The van der Waals surface area contributed by atoms with Gasteiger partial charge in [0.05, 0.1) is 10.6 Å². The van der Waals surface area contributed by atoms with E-state index in [1.54, 1.807) is 12.1 Å². The van der Waals surface area contributed by atoms with Crippen LogP contribution >= 0.6 is 0 Å². The molecule has 0 fully saturated rings. The van der Waals surface area contributed by atoms with Gasteiger partial charge in [0.1, 0.15) is 0 Å². The van der Waals surface area contributed by atoms with E-state index in [4.69, 9.17) is 0 Å². The molecule has 0 saturated heterocycles. The minimum atomic E-state index is -3.21. The molecule has 0 radical (unpaired) electrons.